The highest BCUT2D eigenvalue weighted by molar-refractivity contribution is 5.79. The van der Waals surface area contributed by atoms with Gasteiger partial charge in [0.1, 0.15) is 0 Å². The molecule has 7 heteroatoms. The molecule has 2 N–H and O–H groups in total. The maximum absolute atomic E-state index is 5.55. The van der Waals surface area contributed by atoms with Gasteiger partial charge < -0.3 is 19.9 Å². The Morgan fingerprint density at radius 2 is 2.00 bits per heavy atom. The molecule has 0 radical (unpaired) electrons. The first-order valence-corrected chi connectivity index (χ1v) is 10.3. The van der Waals surface area contributed by atoms with E-state index in [0.29, 0.717) is 12.5 Å². The number of morpholine rings is 1. The minimum atomic E-state index is 0.259. The largest absolute Gasteiger partial charge is 0.379 e. The SMILES string of the molecule is CN=C(NCc1cc(C(C)C)no1)NCC(c1cccc(C)c1)N1CCOCC1. The van der Waals surface area contributed by atoms with Gasteiger partial charge in [-0.2, -0.15) is 0 Å². The molecule has 2 heterocycles. The summed E-state index contributed by atoms with van der Waals surface area (Å²) in [6.45, 7) is 11.1. The second-order valence-corrected chi connectivity index (χ2v) is 7.76. The zero-order chi connectivity index (χ0) is 20.6. The second-order valence-electron chi connectivity index (χ2n) is 7.76. The standard InChI is InChI=1S/C22H33N5O2/c1-16(2)20-13-19(29-26-20)14-24-22(23-4)25-15-21(27-8-10-28-11-9-27)18-7-5-6-17(3)12-18/h5-7,12-13,16,21H,8-11,14-15H2,1-4H3,(H2,23,24,25). The quantitative estimate of drug-likeness (QED) is 0.551. The lowest BCUT2D eigenvalue weighted by molar-refractivity contribution is 0.0170. The smallest absolute Gasteiger partial charge is 0.191 e. The summed E-state index contributed by atoms with van der Waals surface area (Å²) in [7, 11) is 1.78. The van der Waals surface area contributed by atoms with Crippen molar-refractivity contribution in [1.82, 2.24) is 20.7 Å². The van der Waals surface area contributed by atoms with Crippen LogP contribution >= 0.6 is 0 Å². The van der Waals surface area contributed by atoms with Gasteiger partial charge in [0.15, 0.2) is 11.7 Å². The van der Waals surface area contributed by atoms with E-state index < -0.39 is 0 Å². The molecule has 7 nitrogen and oxygen atoms in total. The number of hydrogen-bond acceptors (Lipinski definition) is 5. The van der Waals surface area contributed by atoms with Crippen molar-refractivity contribution in [2.75, 3.05) is 39.9 Å². The fourth-order valence-corrected chi connectivity index (χ4v) is 3.49. The average molecular weight is 400 g/mol. The number of hydrogen-bond donors (Lipinski definition) is 2. The van der Waals surface area contributed by atoms with Gasteiger partial charge in [-0.1, -0.05) is 48.8 Å². The average Bonchev–Trinajstić information content (AvgIpc) is 3.21. The minimum absolute atomic E-state index is 0.259. The molecular weight excluding hydrogens is 366 g/mol. The highest BCUT2D eigenvalue weighted by Crippen LogP contribution is 2.22. The van der Waals surface area contributed by atoms with Crippen LogP contribution < -0.4 is 10.6 Å². The molecule has 0 saturated carbocycles. The molecule has 0 bridgehead atoms. The van der Waals surface area contributed by atoms with Crippen LogP contribution in [0.15, 0.2) is 39.8 Å². The first-order valence-electron chi connectivity index (χ1n) is 10.3. The van der Waals surface area contributed by atoms with Crippen molar-refractivity contribution in [3.8, 4) is 0 Å². The van der Waals surface area contributed by atoms with Crippen LogP contribution in [0.4, 0.5) is 0 Å². The van der Waals surface area contributed by atoms with Gasteiger partial charge >= 0.3 is 0 Å². The molecule has 1 saturated heterocycles. The molecule has 1 aliphatic rings. The zero-order valence-corrected chi connectivity index (χ0v) is 17.9. The van der Waals surface area contributed by atoms with Gasteiger partial charge in [-0.15, -0.1) is 0 Å². The van der Waals surface area contributed by atoms with Crippen LogP contribution in [0.5, 0.6) is 0 Å². The molecule has 1 aliphatic heterocycles. The van der Waals surface area contributed by atoms with Gasteiger partial charge in [0.2, 0.25) is 0 Å². The zero-order valence-electron chi connectivity index (χ0n) is 17.9. The molecule has 1 unspecified atom stereocenters. The van der Waals surface area contributed by atoms with Crippen molar-refractivity contribution in [3.05, 3.63) is 52.9 Å². The van der Waals surface area contributed by atoms with E-state index in [1.54, 1.807) is 7.05 Å². The highest BCUT2D eigenvalue weighted by Gasteiger charge is 2.23. The molecule has 1 atom stereocenters. The molecule has 158 valence electrons. The fourth-order valence-electron chi connectivity index (χ4n) is 3.49. The van der Waals surface area contributed by atoms with Gasteiger partial charge in [-0.3, -0.25) is 9.89 Å². The van der Waals surface area contributed by atoms with E-state index in [-0.39, 0.29) is 6.04 Å². The Morgan fingerprint density at radius 3 is 2.66 bits per heavy atom. The second kappa shape index (κ2) is 10.4. The van der Waals surface area contributed by atoms with Crippen LogP contribution in [0.2, 0.25) is 0 Å². The number of nitrogens with one attached hydrogen (secondary N) is 2. The Balaban J connectivity index is 1.61. The lowest BCUT2D eigenvalue weighted by Crippen LogP contribution is -2.46. The lowest BCUT2D eigenvalue weighted by Gasteiger charge is -2.35. The van der Waals surface area contributed by atoms with Crippen LogP contribution in [0.1, 0.15) is 48.4 Å². The Bertz CT molecular complexity index is 796. The van der Waals surface area contributed by atoms with Crippen molar-refractivity contribution in [2.45, 2.75) is 39.3 Å². The van der Waals surface area contributed by atoms with Crippen molar-refractivity contribution >= 4 is 5.96 Å². The lowest BCUT2D eigenvalue weighted by atomic mass is 10.0. The summed E-state index contributed by atoms with van der Waals surface area (Å²) < 4.78 is 11.0. The van der Waals surface area contributed by atoms with Gasteiger partial charge in [0, 0.05) is 32.7 Å². The van der Waals surface area contributed by atoms with Gasteiger partial charge in [0.25, 0.3) is 0 Å². The molecule has 2 aromatic rings. The molecule has 1 fully saturated rings. The van der Waals surface area contributed by atoms with Crippen LogP contribution in [0.3, 0.4) is 0 Å². The van der Waals surface area contributed by atoms with Crippen LogP contribution in [-0.4, -0.2) is 55.9 Å². The molecular formula is C22H33N5O2. The van der Waals surface area contributed by atoms with E-state index in [9.17, 15) is 0 Å². The number of benzene rings is 1. The van der Waals surface area contributed by atoms with Gasteiger partial charge in [-0.05, 0) is 18.4 Å². The summed E-state index contributed by atoms with van der Waals surface area (Å²) in [5, 5.41) is 10.9. The third-order valence-corrected chi connectivity index (χ3v) is 5.20. The number of nitrogens with zero attached hydrogens (tertiary/aromatic N) is 3. The number of guanidine groups is 1. The number of aliphatic imine (C=N–C) groups is 1. The highest BCUT2D eigenvalue weighted by atomic mass is 16.5. The van der Waals surface area contributed by atoms with E-state index in [4.69, 9.17) is 9.26 Å². The third kappa shape index (κ3) is 6.05. The molecule has 1 aromatic carbocycles. The first-order chi connectivity index (χ1) is 14.1. The number of rotatable bonds is 7. The van der Waals surface area contributed by atoms with E-state index in [0.717, 1.165) is 50.3 Å². The Kier molecular flexibility index (Phi) is 7.66. The van der Waals surface area contributed by atoms with Crippen LogP contribution in [0, 0.1) is 6.92 Å². The molecule has 0 aliphatic carbocycles. The van der Waals surface area contributed by atoms with Gasteiger partial charge in [-0.25, -0.2) is 0 Å². The van der Waals surface area contributed by atoms with Crippen LogP contribution in [0.25, 0.3) is 0 Å². The normalized spacial score (nSPS) is 16.8. The Labute approximate surface area is 173 Å². The third-order valence-electron chi connectivity index (χ3n) is 5.20. The van der Waals surface area contributed by atoms with E-state index in [1.807, 2.05) is 6.07 Å². The predicted molar refractivity (Wildman–Crippen MR) is 115 cm³/mol. The molecule has 3 rings (SSSR count). The molecule has 1 aromatic heterocycles. The monoisotopic (exact) mass is 399 g/mol. The summed E-state index contributed by atoms with van der Waals surface area (Å²) >= 11 is 0. The van der Waals surface area contributed by atoms with Crippen molar-refractivity contribution in [2.24, 2.45) is 4.99 Å². The first kappa shape index (κ1) is 21.3. The molecule has 0 spiro atoms. The Morgan fingerprint density at radius 1 is 1.21 bits per heavy atom. The molecule has 29 heavy (non-hydrogen) atoms. The Hall–Kier alpha value is -2.38. The van der Waals surface area contributed by atoms with Gasteiger partial charge in [0.05, 0.1) is 31.5 Å². The number of aryl methyl sites for hydroxylation is 1. The predicted octanol–water partition coefficient (Wildman–Crippen LogP) is 2.84. The van der Waals surface area contributed by atoms with Crippen molar-refractivity contribution in [3.63, 3.8) is 0 Å². The van der Waals surface area contributed by atoms with E-state index in [1.165, 1.54) is 11.1 Å². The van der Waals surface area contributed by atoms with E-state index in [2.05, 4.69) is 70.7 Å². The maximum Gasteiger partial charge on any atom is 0.191 e. The summed E-state index contributed by atoms with van der Waals surface area (Å²) in [5.74, 6) is 1.91. The summed E-state index contributed by atoms with van der Waals surface area (Å²) in [4.78, 5) is 6.84. The minimum Gasteiger partial charge on any atom is -0.379 e. The topological polar surface area (TPSA) is 74.9 Å². The van der Waals surface area contributed by atoms with Crippen molar-refractivity contribution in [1.29, 1.82) is 0 Å². The summed E-state index contributed by atoms with van der Waals surface area (Å²) in [5.41, 5.74) is 3.55. The number of aromatic nitrogens is 1. The summed E-state index contributed by atoms with van der Waals surface area (Å²) in [6.07, 6.45) is 0. The number of ether oxygens (including phenoxy) is 1. The van der Waals surface area contributed by atoms with E-state index >= 15 is 0 Å². The van der Waals surface area contributed by atoms with Crippen molar-refractivity contribution < 1.29 is 9.26 Å². The van der Waals surface area contributed by atoms with Crippen LogP contribution in [-0.2, 0) is 11.3 Å². The molecule has 0 amide bonds. The summed E-state index contributed by atoms with van der Waals surface area (Å²) in [6, 6.07) is 11.0. The maximum atomic E-state index is 5.55. The fraction of sp³-hybridized carbons (Fsp3) is 0.545.